The van der Waals surface area contributed by atoms with Crippen LogP contribution in [0, 0.1) is 0 Å². The average molecular weight is 292 g/mol. The van der Waals surface area contributed by atoms with Gasteiger partial charge in [-0.25, -0.2) is 13.2 Å². The largest absolute Gasteiger partial charge is 0.465 e. The van der Waals surface area contributed by atoms with Crippen molar-refractivity contribution >= 4 is 21.9 Å². The number of carbonyl (C=O) groups excluding carboxylic acids is 1. The van der Waals surface area contributed by atoms with Crippen LogP contribution in [0.5, 0.6) is 0 Å². The number of benzene rings is 1. The van der Waals surface area contributed by atoms with Crippen molar-refractivity contribution in [3.63, 3.8) is 0 Å². The fourth-order valence-corrected chi connectivity index (χ4v) is 2.93. The van der Waals surface area contributed by atoms with Gasteiger partial charge >= 0.3 is 12.1 Å². The van der Waals surface area contributed by atoms with E-state index in [1.54, 1.807) is 0 Å². The molecule has 0 bridgehead atoms. The van der Waals surface area contributed by atoms with Gasteiger partial charge in [-0.2, -0.15) is 13.2 Å². The Labute approximate surface area is 106 Å². The molecule has 4 nitrogen and oxygen atoms in total. The molecule has 0 aromatic heterocycles. The number of hydrogen-bond donors (Lipinski definition) is 0. The Hall–Kier alpha value is -1.83. The maximum atomic E-state index is 12.8. The molecule has 0 fully saturated rings. The lowest BCUT2D eigenvalue weighted by molar-refractivity contribution is -0.138. The van der Waals surface area contributed by atoms with E-state index in [0.29, 0.717) is 12.1 Å². The molecule has 102 valence electrons. The van der Waals surface area contributed by atoms with E-state index in [2.05, 4.69) is 4.74 Å². The minimum absolute atomic E-state index is 0.0972. The van der Waals surface area contributed by atoms with Gasteiger partial charge in [-0.05, 0) is 23.8 Å². The second-order valence-electron chi connectivity index (χ2n) is 3.77. The Morgan fingerprint density at radius 1 is 1.26 bits per heavy atom. The van der Waals surface area contributed by atoms with Crippen LogP contribution in [0.15, 0.2) is 22.4 Å². The van der Waals surface area contributed by atoms with Crippen molar-refractivity contribution < 1.29 is 31.1 Å². The van der Waals surface area contributed by atoms with Gasteiger partial charge in [-0.15, -0.1) is 0 Å². The second kappa shape index (κ2) is 4.09. The van der Waals surface area contributed by atoms with Gasteiger partial charge in [-0.1, -0.05) is 0 Å². The lowest BCUT2D eigenvalue weighted by atomic mass is 10.0. The van der Waals surface area contributed by atoms with Crippen LogP contribution in [0.3, 0.4) is 0 Å². The molecule has 0 saturated carbocycles. The topological polar surface area (TPSA) is 60.4 Å². The molecule has 1 aromatic rings. The molecule has 1 aliphatic rings. The molecule has 1 heterocycles. The number of hydrogen-bond acceptors (Lipinski definition) is 4. The molecule has 0 N–H and O–H groups in total. The first-order valence-electron chi connectivity index (χ1n) is 4.93. The van der Waals surface area contributed by atoms with E-state index in [9.17, 15) is 26.4 Å². The van der Waals surface area contributed by atoms with E-state index in [0.717, 1.165) is 18.6 Å². The number of carbonyl (C=O) groups is 1. The fourth-order valence-electron chi connectivity index (χ4n) is 1.72. The number of fused-ring (bicyclic) bond motifs is 1. The minimum Gasteiger partial charge on any atom is -0.465 e. The van der Waals surface area contributed by atoms with Gasteiger partial charge < -0.3 is 4.74 Å². The van der Waals surface area contributed by atoms with Gasteiger partial charge in [0.25, 0.3) is 0 Å². The minimum atomic E-state index is -4.78. The standard InChI is InChI=1S/C11H7F3O4S/c1-18-10(15)7-5-9-6(2-3-19(9,16)17)4-8(7)11(12,13)14/h2-5H,1H3. The van der Waals surface area contributed by atoms with Crippen LogP contribution in [0.4, 0.5) is 13.2 Å². The van der Waals surface area contributed by atoms with Crippen LogP contribution in [-0.4, -0.2) is 21.5 Å². The van der Waals surface area contributed by atoms with E-state index in [1.165, 1.54) is 0 Å². The Morgan fingerprint density at radius 3 is 2.42 bits per heavy atom. The molecular formula is C11H7F3O4S. The van der Waals surface area contributed by atoms with Gasteiger partial charge in [-0.3, -0.25) is 0 Å². The molecule has 0 saturated heterocycles. The predicted molar refractivity (Wildman–Crippen MR) is 59.0 cm³/mol. The Kier molecular flexibility index (Phi) is 2.93. The highest BCUT2D eigenvalue weighted by atomic mass is 32.2. The van der Waals surface area contributed by atoms with Crippen LogP contribution in [0.1, 0.15) is 21.5 Å². The third kappa shape index (κ3) is 2.23. The van der Waals surface area contributed by atoms with Crippen molar-refractivity contribution in [3.8, 4) is 0 Å². The van der Waals surface area contributed by atoms with E-state index < -0.39 is 33.1 Å². The van der Waals surface area contributed by atoms with Gasteiger partial charge in [0.1, 0.15) is 0 Å². The molecule has 0 amide bonds. The number of rotatable bonds is 1. The molecular weight excluding hydrogens is 285 g/mol. The summed E-state index contributed by atoms with van der Waals surface area (Å²) in [4.78, 5) is 11.0. The number of sulfone groups is 1. The SMILES string of the molecule is COC(=O)c1cc2c(cc1C(F)(F)F)C=CS2(=O)=O. The lowest BCUT2D eigenvalue weighted by Gasteiger charge is -2.13. The summed E-state index contributed by atoms with van der Waals surface area (Å²) in [5.74, 6) is -1.24. The summed E-state index contributed by atoms with van der Waals surface area (Å²) < 4.78 is 65.8. The summed E-state index contributed by atoms with van der Waals surface area (Å²) in [5, 5.41) is 0.791. The summed E-state index contributed by atoms with van der Waals surface area (Å²) >= 11 is 0. The smallest absolute Gasteiger partial charge is 0.417 e. The summed E-state index contributed by atoms with van der Waals surface area (Å²) in [6.45, 7) is 0. The van der Waals surface area contributed by atoms with Crippen LogP contribution >= 0.6 is 0 Å². The first kappa shape index (κ1) is 13.6. The Balaban J connectivity index is 2.77. The van der Waals surface area contributed by atoms with Gasteiger partial charge in [0.2, 0.25) is 0 Å². The molecule has 0 radical (unpaired) electrons. The normalized spacial score (nSPS) is 16.2. The summed E-state index contributed by atoms with van der Waals surface area (Å²) in [7, 11) is -2.87. The zero-order valence-electron chi connectivity index (χ0n) is 9.48. The van der Waals surface area contributed by atoms with Crippen molar-refractivity contribution in [2.24, 2.45) is 0 Å². The first-order valence-corrected chi connectivity index (χ1v) is 6.48. The number of alkyl halides is 3. The number of esters is 1. The highest BCUT2D eigenvalue weighted by Crippen LogP contribution is 2.37. The number of ether oxygens (including phenoxy) is 1. The fraction of sp³-hybridized carbons (Fsp3) is 0.182. The molecule has 0 atom stereocenters. The lowest BCUT2D eigenvalue weighted by Crippen LogP contribution is -2.15. The quantitative estimate of drug-likeness (QED) is 0.745. The highest BCUT2D eigenvalue weighted by molar-refractivity contribution is 7.94. The molecule has 0 spiro atoms. The monoisotopic (exact) mass is 292 g/mol. The van der Waals surface area contributed by atoms with Crippen molar-refractivity contribution in [1.82, 2.24) is 0 Å². The van der Waals surface area contributed by atoms with Crippen LogP contribution < -0.4 is 0 Å². The van der Waals surface area contributed by atoms with Crippen LogP contribution in [0.2, 0.25) is 0 Å². The maximum absolute atomic E-state index is 12.8. The Morgan fingerprint density at radius 2 is 1.89 bits per heavy atom. The van der Waals surface area contributed by atoms with Crippen LogP contribution in [0.25, 0.3) is 6.08 Å². The van der Waals surface area contributed by atoms with Crippen molar-refractivity contribution in [3.05, 3.63) is 34.2 Å². The summed E-state index contributed by atoms with van der Waals surface area (Å²) in [5.41, 5.74) is -2.14. The third-order valence-electron chi connectivity index (χ3n) is 2.59. The molecule has 8 heteroatoms. The Bertz CT molecular complexity index is 687. The van der Waals surface area contributed by atoms with Crippen molar-refractivity contribution in [2.75, 3.05) is 7.11 Å². The van der Waals surface area contributed by atoms with E-state index >= 15 is 0 Å². The van der Waals surface area contributed by atoms with Gasteiger partial charge in [0.15, 0.2) is 9.84 Å². The predicted octanol–water partition coefficient (Wildman–Crippen LogP) is 2.25. The number of methoxy groups -OCH3 is 1. The molecule has 1 aromatic carbocycles. The molecule has 19 heavy (non-hydrogen) atoms. The zero-order chi connectivity index (χ0) is 14.4. The van der Waals surface area contributed by atoms with Crippen LogP contribution in [-0.2, 0) is 20.8 Å². The van der Waals surface area contributed by atoms with E-state index in [4.69, 9.17) is 0 Å². The highest BCUT2D eigenvalue weighted by Gasteiger charge is 2.38. The second-order valence-corrected chi connectivity index (χ2v) is 5.57. The third-order valence-corrected chi connectivity index (χ3v) is 4.05. The van der Waals surface area contributed by atoms with Gasteiger partial charge in [0, 0.05) is 5.41 Å². The number of halogens is 3. The summed E-state index contributed by atoms with van der Waals surface area (Å²) in [6, 6.07) is 1.32. The molecule has 1 aliphatic heterocycles. The molecule has 0 unspecified atom stereocenters. The first-order chi connectivity index (χ1) is 8.66. The van der Waals surface area contributed by atoms with Gasteiger partial charge in [0.05, 0.1) is 23.1 Å². The zero-order valence-corrected chi connectivity index (χ0v) is 10.3. The summed E-state index contributed by atoms with van der Waals surface area (Å²) in [6.07, 6.45) is -3.72. The molecule has 2 rings (SSSR count). The van der Waals surface area contributed by atoms with Crippen molar-refractivity contribution in [2.45, 2.75) is 11.1 Å². The average Bonchev–Trinajstić information content (AvgIpc) is 2.61. The maximum Gasteiger partial charge on any atom is 0.417 e. The molecule has 0 aliphatic carbocycles. The van der Waals surface area contributed by atoms with Crippen molar-refractivity contribution in [1.29, 1.82) is 0 Å². The van der Waals surface area contributed by atoms with E-state index in [-0.39, 0.29) is 10.5 Å². The van der Waals surface area contributed by atoms with E-state index in [1.807, 2.05) is 0 Å².